The average molecular weight is 414 g/mol. The molecule has 1 N–H and O–H groups in total. The average Bonchev–Trinajstić information content (AvgIpc) is 2.75. The largest absolute Gasteiger partial charge is 0.462 e. The van der Waals surface area contributed by atoms with Gasteiger partial charge >= 0.3 is 6.01 Å². The van der Waals surface area contributed by atoms with Crippen LogP contribution in [0.4, 0.5) is 11.9 Å². The summed E-state index contributed by atoms with van der Waals surface area (Å²) in [4.78, 5) is 17.6. The van der Waals surface area contributed by atoms with Gasteiger partial charge in [0.2, 0.25) is 5.95 Å². The van der Waals surface area contributed by atoms with Crippen molar-refractivity contribution >= 4 is 18.1 Å². The summed E-state index contributed by atoms with van der Waals surface area (Å²) in [7, 11) is 1.95. The summed E-state index contributed by atoms with van der Waals surface area (Å²) in [6, 6.07) is 8.39. The third-order valence-corrected chi connectivity index (χ3v) is 4.67. The number of rotatable bonds is 10. The number of anilines is 2. The van der Waals surface area contributed by atoms with Crippen LogP contribution in [0.25, 0.3) is 0 Å². The number of morpholine rings is 1. The van der Waals surface area contributed by atoms with Crippen LogP contribution in [0.2, 0.25) is 0 Å². The van der Waals surface area contributed by atoms with Gasteiger partial charge in [-0.05, 0) is 18.9 Å². The third-order valence-electron chi connectivity index (χ3n) is 4.67. The number of nitrogens with zero attached hydrogens (tertiary/aromatic N) is 6. The first-order valence-corrected chi connectivity index (χ1v) is 10.4. The maximum atomic E-state index is 5.84. The van der Waals surface area contributed by atoms with E-state index in [9.17, 15) is 0 Å². The monoisotopic (exact) mass is 413 g/mol. The Hall–Kier alpha value is -2.78. The minimum absolute atomic E-state index is 0.296. The van der Waals surface area contributed by atoms with Crippen molar-refractivity contribution in [2.75, 3.05) is 63.4 Å². The van der Waals surface area contributed by atoms with Crippen LogP contribution in [0, 0.1) is 6.92 Å². The van der Waals surface area contributed by atoms with Gasteiger partial charge in [-0.2, -0.15) is 20.1 Å². The van der Waals surface area contributed by atoms with E-state index in [-0.39, 0.29) is 0 Å². The molecule has 9 nitrogen and oxygen atoms in total. The Balaban J connectivity index is 1.65. The van der Waals surface area contributed by atoms with Gasteiger partial charge < -0.3 is 14.4 Å². The van der Waals surface area contributed by atoms with E-state index in [0.29, 0.717) is 24.5 Å². The normalized spacial score (nSPS) is 14.8. The quantitative estimate of drug-likeness (QED) is 0.468. The Labute approximate surface area is 178 Å². The van der Waals surface area contributed by atoms with Crippen molar-refractivity contribution in [1.29, 1.82) is 0 Å². The molecule has 1 aromatic heterocycles. The fraction of sp³-hybridized carbons (Fsp3) is 0.524. The molecule has 0 aliphatic carbocycles. The van der Waals surface area contributed by atoms with Crippen LogP contribution in [0.3, 0.4) is 0 Å². The topological polar surface area (TPSA) is 88.0 Å². The smallest absolute Gasteiger partial charge is 0.323 e. The number of aryl methyl sites for hydroxylation is 1. The lowest BCUT2D eigenvalue weighted by Gasteiger charge is -2.26. The van der Waals surface area contributed by atoms with E-state index in [2.05, 4.69) is 43.4 Å². The van der Waals surface area contributed by atoms with Crippen molar-refractivity contribution in [2.24, 2.45) is 5.10 Å². The molecule has 0 unspecified atom stereocenters. The first-order valence-electron chi connectivity index (χ1n) is 10.4. The number of ether oxygens (including phenoxy) is 2. The highest BCUT2D eigenvalue weighted by atomic mass is 16.5. The summed E-state index contributed by atoms with van der Waals surface area (Å²) in [5.74, 6) is 0.912. The molecule has 0 amide bonds. The summed E-state index contributed by atoms with van der Waals surface area (Å²) in [6.45, 7) is 9.70. The lowest BCUT2D eigenvalue weighted by molar-refractivity contribution is 0.0317. The van der Waals surface area contributed by atoms with E-state index >= 15 is 0 Å². The summed E-state index contributed by atoms with van der Waals surface area (Å²) < 4.78 is 11.2. The zero-order valence-electron chi connectivity index (χ0n) is 18.0. The van der Waals surface area contributed by atoms with Crippen LogP contribution < -0.4 is 15.1 Å². The molecule has 0 radical (unpaired) electrons. The minimum atomic E-state index is 0.296. The molecule has 0 bridgehead atoms. The van der Waals surface area contributed by atoms with Gasteiger partial charge in [0.1, 0.15) is 6.61 Å². The van der Waals surface area contributed by atoms with E-state index in [0.717, 1.165) is 51.4 Å². The van der Waals surface area contributed by atoms with Gasteiger partial charge in [0, 0.05) is 33.2 Å². The Morgan fingerprint density at radius 1 is 1.27 bits per heavy atom. The maximum Gasteiger partial charge on any atom is 0.323 e. The zero-order valence-corrected chi connectivity index (χ0v) is 18.0. The minimum Gasteiger partial charge on any atom is -0.462 e. The van der Waals surface area contributed by atoms with Crippen LogP contribution in [0.5, 0.6) is 6.01 Å². The van der Waals surface area contributed by atoms with Crippen molar-refractivity contribution in [3.8, 4) is 6.01 Å². The van der Waals surface area contributed by atoms with Crippen molar-refractivity contribution in [2.45, 2.75) is 20.3 Å². The van der Waals surface area contributed by atoms with Gasteiger partial charge in [-0.1, -0.05) is 36.8 Å². The molecule has 162 valence electrons. The van der Waals surface area contributed by atoms with E-state index in [1.165, 1.54) is 5.56 Å². The van der Waals surface area contributed by atoms with Crippen molar-refractivity contribution in [3.05, 3.63) is 35.4 Å². The van der Waals surface area contributed by atoms with Crippen LogP contribution in [-0.4, -0.2) is 79.1 Å². The summed E-state index contributed by atoms with van der Waals surface area (Å²) in [5, 5.41) is 4.27. The third kappa shape index (κ3) is 6.93. The lowest BCUT2D eigenvalue weighted by Crippen LogP contribution is -2.38. The Kier molecular flexibility index (Phi) is 8.34. The maximum absolute atomic E-state index is 5.84. The molecule has 2 aromatic rings. The summed E-state index contributed by atoms with van der Waals surface area (Å²) >= 11 is 0. The van der Waals surface area contributed by atoms with E-state index in [1.807, 2.05) is 37.1 Å². The molecule has 0 atom stereocenters. The van der Waals surface area contributed by atoms with E-state index in [1.54, 1.807) is 6.21 Å². The molecule has 9 heteroatoms. The summed E-state index contributed by atoms with van der Waals surface area (Å²) in [5.41, 5.74) is 5.08. The molecule has 3 rings (SSSR count). The Morgan fingerprint density at radius 3 is 2.87 bits per heavy atom. The lowest BCUT2D eigenvalue weighted by atomic mass is 10.2. The molecule has 0 saturated carbocycles. The van der Waals surface area contributed by atoms with Crippen molar-refractivity contribution in [1.82, 2.24) is 19.9 Å². The summed E-state index contributed by atoms with van der Waals surface area (Å²) in [6.07, 6.45) is 2.73. The van der Waals surface area contributed by atoms with Gasteiger partial charge in [-0.3, -0.25) is 4.90 Å². The second-order valence-electron chi connectivity index (χ2n) is 7.25. The van der Waals surface area contributed by atoms with Gasteiger partial charge in [0.05, 0.1) is 19.4 Å². The van der Waals surface area contributed by atoms with Gasteiger partial charge in [0.15, 0.2) is 0 Å². The number of benzene rings is 1. The number of aromatic nitrogens is 3. The number of hydrazone groups is 1. The first kappa shape index (κ1) is 21.9. The number of hydrogen-bond acceptors (Lipinski definition) is 9. The SMILES string of the molecule is CCCN(C)c1nc(N/N=C/c2cccc(C)c2)nc(OCCN2CCOCC2)n1. The molecule has 1 aliphatic heterocycles. The molecule has 2 heterocycles. The number of hydrogen-bond donors (Lipinski definition) is 1. The molecule has 30 heavy (non-hydrogen) atoms. The Morgan fingerprint density at radius 2 is 2.10 bits per heavy atom. The fourth-order valence-corrected chi connectivity index (χ4v) is 3.07. The van der Waals surface area contributed by atoms with Crippen LogP contribution in [-0.2, 0) is 4.74 Å². The Bertz CT molecular complexity index is 825. The molecule has 1 aromatic carbocycles. The molecule has 0 spiro atoms. The predicted molar refractivity (Wildman–Crippen MR) is 119 cm³/mol. The molecule has 1 saturated heterocycles. The standard InChI is InChI=1S/C21H31N7O2/c1-4-8-27(3)20-23-19(26-22-16-18-7-5-6-17(2)15-18)24-21(25-20)30-14-11-28-9-12-29-13-10-28/h5-7,15-16H,4,8-14H2,1-3H3,(H,23,24,25,26)/b22-16+. The second-order valence-corrected chi connectivity index (χ2v) is 7.25. The fourth-order valence-electron chi connectivity index (χ4n) is 3.07. The van der Waals surface area contributed by atoms with E-state index in [4.69, 9.17) is 9.47 Å². The van der Waals surface area contributed by atoms with Crippen molar-refractivity contribution < 1.29 is 9.47 Å². The first-order chi connectivity index (χ1) is 14.6. The van der Waals surface area contributed by atoms with Gasteiger partial charge in [-0.15, -0.1) is 0 Å². The van der Waals surface area contributed by atoms with Gasteiger partial charge in [-0.25, -0.2) is 5.43 Å². The molecular weight excluding hydrogens is 382 g/mol. The van der Waals surface area contributed by atoms with Crippen LogP contribution >= 0.6 is 0 Å². The highest BCUT2D eigenvalue weighted by Crippen LogP contribution is 2.15. The molecule has 1 aliphatic rings. The van der Waals surface area contributed by atoms with E-state index < -0.39 is 0 Å². The van der Waals surface area contributed by atoms with Crippen molar-refractivity contribution in [3.63, 3.8) is 0 Å². The van der Waals surface area contributed by atoms with Gasteiger partial charge in [0.25, 0.3) is 5.95 Å². The predicted octanol–water partition coefficient (Wildman–Crippen LogP) is 2.18. The zero-order chi connectivity index (χ0) is 21.2. The molecular formula is C21H31N7O2. The van der Waals surface area contributed by atoms with Crippen LogP contribution in [0.15, 0.2) is 29.4 Å². The highest BCUT2D eigenvalue weighted by Gasteiger charge is 2.13. The van der Waals surface area contributed by atoms with Crippen LogP contribution in [0.1, 0.15) is 24.5 Å². The molecule has 1 fully saturated rings. The number of nitrogens with one attached hydrogen (secondary N) is 1. The highest BCUT2D eigenvalue weighted by molar-refractivity contribution is 5.80. The second kappa shape index (κ2) is 11.4.